The van der Waals surface area contributed by atoms with Gasteiger partial charge in [0.15, 0.2) is 11.5 Å². The lowest BCUT2D eigenvalue weighted by atomic mass is 9.99. The second-order valence-corrected chi connectivity index (χ2v) is 7.48. The lowest BCUT2D eigenvalue weighted by molar-refractivity contribution is -0.139. The van der Waals surface area contributed by atoms with Crippen LogP contribution in [0.1, 0.15) is 26.3 Å². The average molecular weight is 401 g/mol. The number of aliphatic carboxylic acids is 1. The summed E-state index contributed by atoms with van der Waals surface area (Å²) in [5.74, 6) is 0.119. The van der Waals surface area contributed by atoms with Crippen LogP contribution in [0.15, 0.2) is 42.5 Å². The number of alkyl carbamates (subject to hydrolysis) is 1. The van der Waals surface area contributed by atoms with Crippen molar-refractivity contribution in [3.05, 3.63) is 48.0 Å². The number of rotatable bonds is 7. The number of ether oxygens (including phenoxy) is 3. The fourth-order valence-electron chi connectivity index (χ4n) is 2.82. The van der Waals surface area contributed by atoms with E-state index in [-0.39, 0.29) is 6.42 Å². The van der Waals surface area contributed by atoms with E-state index < -0.39 is 23.7 Å². The summed E-state index contributed by atoms with van der Waals surface area (Å²) in [6.07, 6.45) is -0.632. The normalized spacial score (nSPS) is 12.0. The van der Waals surface area contributed by atoms with Crippen molar-refractivity contribution < 1.29 is 28.9 Å². The minimum Gasteiger partial charge on any atom is -0.493 e. The van der Waals surface area contributed by atoms with Crippen molar-refractivity contribution >= 4 is 12.1 Å². The number of methoxy groups -OCH3 is 2. The number of carboxylic acid groups (broad SMARTS) is 1. The van der Waals surface area contributed by atoms with E-state index in [1.54, 1.807) is 35.0 Å². The van der Waals surface area contributed by atoms with Gasteiger partial charge in [-0.25, -0.2) is 9.59 Å². The van der Waals surface area contributed by atoms with E-state index in [0.29, 0.717) is 11.5 Å². The molecular weight excluding hydrogens is 374 g/mol. The van der Waals surface area contributed by atoms with Crippen molar-refractivity contribution in [3.63, 3.8) is 0 Å². The second-order valence-electron chi connectivity index (χ2n) is 7.48. The van der Waals surface area contributed by atoms with Gasteiger partial charge in [-0.05, 0) is 38.0 Å². The summed E-state index contributed by atoms with van der Waals surface area (Å²) < 4.78 is 15.9. The number of hydrogen-bond acceptors (Lipinski definition) is 5. The van der Waals surface area contributed by atoms with Gasteiger partial charge in [-0.15, -0.1) is 0 Å². The quantitative estimate of drug-likeness (QED) is 0.731. The summed E-state index contributed by atoms with van der Waals surface area (Å²) in [5.41, 5.74) is 1.82. The van der Waals surface area contributed by atoms with Crippen LogP contribution in [0.4, 0.5) is 4.79 Å². The van der Waals surface area contributed by atoms with E-state index in [2.05, 4.69) is 5.32 Å². The van der Waals surface area contributed by atoms with Crippen LogP contribution in [0.3, 0.4) is 0 Å². The van der Waals surface area contributed by atoms with E-state index >= 15 is 0 Å². The summed E-state index contributed by atoms with van der Waals surface area (Å²) >= 11 is 0. The monoisotopic (exact) mass is 401 g/mol. The van der Waals surface area contributed by atoms with Gasteiger partial charge in [0.05, 0.1) is 14.2 Å². The van der Waals surface area contributed by atoms with E-state index in [9.17, 15) is 14.7 Å². The molecule has 0 fully saturated rings. The van der Waals surface area contributed by atoms with Gasteiger partial charge in [0.25, 0.3) is 0 Å². The molecule has 0 aliphatic heterocycles. The molecule has 2 aromatic carbocycles. The van der Waals surface area contributed by atoms with Crippen molar-refractivity contribution in [2.45, 2.75) is 38.8 Å². The van der Waals surface area contributed by atoms with Gasteiger partial charge in [-0.3, -0.25) is 0 Å². The van der Waals surface area contributed by atoms with E-state index in [0.717, 1.165) is 16.7 Å². The molecule has 2 N–H and O–H groups in total. The first kappa shape index (κ1) is 22.1. The largest absolute Gasteiger partial charge is 0.493 e. The number of nitrogens with one attached hydrogen (secondary N) is 1. The highest BCUT2D eigenvalue weighted by Gasteiger charge is 2.24. The Kier molecular flexibility index (Phi) is 7.09. The number of amides is 1. The molecule has 0 unspecified atom stereocenters. The third kappa shape index (κ3) is 6.14. The molecular formula is C22H27NO6. The van der Waals surface area contributed by atoms with Crippen molar-refractivity contribution in [2.75, 3.05) is 14.2 Å². The predicted molar refractivity (Wildman–Crippen MR) is 109 cm³/mol. The lowest BCUT2D eigenvalue weighted by Crippen LogP contribution is -2.44. The fraction of sp³-hybridized carbons (Fsp3) is 0.364. The molecule has 0 heterocycles. The average Bonchev–Trinajstić information content (AvgIpc) is 2.65. The van der Waals surface area contributed by atoms with Crippen LogP contribution in [0, 0.1) is 0 Å². The van der Waals surface area contributed by atoms with Crippen molar-refractivity contribution in [1.82, 2.24) is 5.32 Å². The molecule has 29 heavy (non-hydrogen) atoms. The molecule has 7 nitrogen and oxygen atoms in total. The third-order valence-corrected chi connectivity index (χ3v) is 4.10. The van der Waals surface area contributed by atoms with Gasteiger partial charge < -0.3 is 24.6 Å². The van der Waals surface area contributed by atoms with Crippen LogP contribution >= 0.6 is 0 Å². The minimum absolute atomic E-state index is 0.129. The Hall–Kier alpha value is -3.22. The molecule has 2 aromatic rings. The molecule has 0 saturated heterocycles. The summed E-state index contributed by atoms with van der Waals surface area (Å²) in [5, 5.41) is 11.8. The Balaban J connectivity index is 2.17. The zero-order chi connectivity index (χ0) is 21.6. The molecule has 1 amide bonds. The first-order valence-corrected chi connectivity index (χ1v) is 9.17. The van der Waals surface area contributed by atoms with E-state index in [1.807, 2.05) is 42.5 Å². The lowest BCUT2D eigenvalue weighted by Gasteiger charge is -2.22. The maximum absolute atomic E-state index is 11.9. The molecule has 0 bridgehead atoms. The molecule has 0 aliphatic carbocycles. The smallest absolute Gasteiger partial charge is 0.408 e. The number of para-hydroxylation sites is 1. The summed E-state index contributed by atoms with van der Waals surface area (Å²) in [4.78, 5) is 23.5. The summed E-state index contributed by atoms with van der Waals surface area (Å²) in [7, 11) is 3.16. The summed E-state index contributed by atoms with van der Waals surface area (Å²) in [6, 6.07) is 11.9. The Morgan fingerprint density at radius 3 is 2.21 bits per heavy atom. The number of carbonyl (C=O) groups excluding carboxylic acids is 1. The number of hydrogen-bond donors (Lipinski definition) is 2. The number of carbonyl (C=O) groups is 2. The Morgan fingerprint density at radius 1 is 1.03 bits per heavy atom. The molecule has 0 spiro atoms. The van der Waals surface area contributed by atoms with Crippen LogP contribution < -0.4 is 14.8 Å². The predicted octanol–water partition coefficient (Wildman–Crippen LogP) is 3.89. The highest BCUT2D eigenvalue weighted by molar-refractivity contribution is 5.80. The summed E-state index contributed by atoms with van der Waals surface area (Å²) in [6.45, 7) is 5.15. The molecule has 0 radical (unpaired) electrons. The first-order valence-electron chi connectivity index (χ1n) is 9.17. The highest BCUT2D eigenvalue weighted by atomic mass is 16.6. The van der Waals surface area contributed by atoms with Crippen LogP contribution in [-0.4, -0.2) is 43.0 Å². The highest BCUT2D eigenvalue weighted by Crippen LogP contribution is 2.37. The zero-order valence-electron chi connectivity index (χ0n) is 17.3. The second kappa shape index (κ2) is 9.32. The van der Waals surface area contributed by atoms with Crippen molar-refractivity contribution in [2.24, 2.45) is 0 Å². The van der Waals surface area contributed by atoms with Gasteiger partial charge in [0.2, 0.25) is 0 Å². The molecule has 2 rings (SSSR count). The van der Waals surface area contributed by atoms with Crippen LogP contribution in [0.5, 0.6) is 11.5 Å². The standard InChI is InChI=1S/C22H27NO6/c1-22(2,3)29-21(26)23-17(20(24)25)13-14-9-11-15(12-10-14)16-7-6-8-18(27-4)19(16)28-5/h6-12,17H,13H2,1-5H3,(H,23,26)(H,24,25)/t17-/m0/s1. The maximum Gasteiger partial charge on any atom is 0.408 e. The minimum atomic E-state index is -1.13. The van der Waals surface area contributed by atoms with Gasteiger partial charge in [0.1, 0.15) is 11.6 Å². The Bertz CT molecular complexity index is 855. The van der Waals surface area contributed by atoms with Crippen molar-refractivity contribution in [1.29, 1.82) is 0 Å². The van der Waals surface area contributed by atoms with Crippen LogP contribution in [-0.2, 0) is 16.0 Å². The Labute approximate surface area is 170 Å². The number of benzene rings is 2. The SMILES string of the molecule is COc1cccc(-c2ccc(C[C@H](NC(=O)OC(C)(C)C)C(=O)O)cc2)c1OC. The first-order chi connectivity index (χ1) is 13.6. The van der Waals surface area contributed by atoms with E-state index in [1.165, 1.54) is 0 Å². The van der Waals surface area contributed by atoms with Gasteiger partial charge in [0, 0.05) is 12.0 Å². The van der Waals surface area contributed by atoms with Gasteiger partial charge in [-0.1, -0.05) is 36.4 Å². The fourth-order valence-corrected chi connectivity index (χ4v) is 2.82. The third-order valence-electron chi connectivity index (χ3n) is 4.10. The van der Waals surface area contributed by atoms with Crippen LogP contribution in [0.2, 0.25) is 0 Å². The topological polar surface area (TPSA) is 94.1 Å². The van der Waals surface area contributed by atoms with Gasteiger partial charge in [-0.2, -0.15) is 0 Å². The molecule has 7 heteroatoms. The van der Waals surface area contributed by atoms with Crippen molar-refractivity contribution in [3.8, 4) is 22.6 Å². The molecule has 156 valence electrons. The molecule has 0 aromatic heterocycles. The zero-order valence-corrected chi connectivity index (χ0v) is 17.3. The molecule has 1 atom stereocenters. The van der Waals surface area contributed by atoms with E-state index in [4.69, 9.17) is 14.2 Å². The van der Waals surface area contributed by atoms with Crippen LogP contribution in [0.25, 0.3) is 11.1 Å². The Morgan fingerprint density at radius 2 is 1.69 bits per heavy atom. The number of carboxylic acids is 1. The molecule has 0 aliphatic rings. The maximum atomic E-state index is 11.9. The van der Waals surface area contributed by atoms with Gasteiger partial charge >= 0.3 is 12.1 Å². The molecule has 0 saturated carbocycles.